The summed E-state index contributed by atoms with van der Waals surface area (Å²) < 4.78 is 33.2. The minimum absolute atomic E-state index is 0.202. The first kappa shape index (κ1) is 16.4. The second-order valence-electron chi connectivity index (χ2n) is 5.23. The van der Waals surface area contributed by atoms with Crippen molar-refractivity contribution in [1.82, 2.24) is 4.72 Å². The number of ether oxygens (including phenoxy) is 1. The molecule has 0 saturated heterocycles. The lowest BCUT2D eigenvalue weighted by Crippen LogP contribution is -2.35. The maximum absolute atomic E-state index is 13.4. The minimum Gasteiger partial charge on any atom is -0.495 e. The van der Waals surface area contributed by atoms with Crippen LogP contribution in [0.15, 0.2) is 12.1 Å². The maximum Gasteiger partial charge on any atom is 0.142 e. The van der Waals surface area contributed by atoms with Crippen molar-refractivity contribution in [2.75, 3.05) is 7.11 Å². The molecule has 0 saturated carbocycles. The predicted octanol–water partition coefficient (Wildman–Crippen LogP) is 3.60. The van der Waals surface area contributed by atoms with Crippen molar-refractivity contribution < 1.29 is 13.3 Å². The van der Waals surface area contributed by atoms with E-state index in [-0.39, 0.29) is 11.1 Å². The lowest BCUT2D eigenvalue weighted by molar-refractivity contribution is 0.404. The molecular formula is C13H19ClFNO2S. The molecule has 0 bridgehead atoms. The maximum atomic E-state index is 13.4. The second-order valence-corrected chi connectivity index (χ2v) is 7.64. The summed E-state index contributed by atoms with van der Waals surface area (Å²) in [5, 5.41) is 0.202. The highest BCUT2D eigenvalue weighted by atomic mass is 35.5. The van der Waals surface area contributed by atoms with E-state index in [1.807, 2.05) is 20.8 Å². The molecule has 0 fully saturated rings. The number of rotatable bonds is 4. The fourth-order valence-corrected chi connectivity index (χ4v) is 2.61. The van der Waals surface area contributed by atoms with Crippen LogP contribution in [0.4, 0.5) is 4.39 Å². The minimum atomic E-state index is -1.26. The van der Waals surface area contributed by atoms with Crippen molar-refractivity contribution in [2.45, 2.75) is 38.5 Å². The van der Waals surface area contributed by atoms with E-state index in [0.29, 0.717) is 11.3 Å². The van der Waals surface area contributed by atoms with Crippen LogP contribution in [-0.2, 0) is 11.0 Å². The number of nitrogens with one attached hydrogen (secondary N) is 1. The highest BCUT2D eigenvalue weighted by molar-refractivity contribution is 7.84. The Hall–Kier alpha value is -0.650. The van der Waals surface area contributed by atoms with Crippen LogP contribution < -0.4 is 9.46 Å². The Morgan fingerprint density at radius 3 is 2.47 bits per heavy atom. The van der Waals surface area contributed by atoms with E-state index < -0.39 is 21.5 Å². The summed E-state index contributed by atoms with van der Waals surface area (Å²) in [6.45, 7) is 7.37. The third kappa shape index (κ3) is 4.16. The lowest BCUT2D eigenvalue weighted by atomic mass is 10.1. The van der Waals surface area contributed by atoms with Crippen LogP contribution in [0.3, 0.4) is 0 Å². The Morgan fingerprint density at radius 2 is 2.00 bits per heavy atom. The first-order chi connectivity index (χ1) is 8.66. The molecule has 1 rings (SSSR count). The van der Waals surface area contributed by atoms with Gasteiger partial charge in [0, 0.05) is 11.6 Å². The molecule has 19 heavy (non-hydrogen) atoms. The number of benzene rings is 1. The summed E-state index contributed by atoms with van der Waals surface area (Å²) in [5.74, 6) is -0.0510. The third-order valence-electron chi connectivity index (χ3n) is 2.55. The van der Waals surface area contributed by atoms with Crippen LogP contribution in [0.5, 0.6) is 5.75 Å². The quantitative estimate of drug-likeness (QED) is 0.923. The molecular weight excluding hydrogens is 289 g/mol. The van der Waals surface area contributed by atoms with Gasteiger partial charge in [0.2, 0.25) is 0 Å². The van der Waals surface area contributed by atoms with Gasteiger partial charge in [0.1, 0.15) is 11.6 Å². The Labute approximate surface area is 121 Å². The molecule has 2 atom stereocenters. The van der Waals surface area contributed by atoms with E-state index in [1.165, 1.54) is 19.2 Å². The Morgan fingerprint density at radius 1 is 1.42 bits per heavy atom. The monoisotopic (exact) mass is 307 g/mol. The Kier molecular flexibility index (Phi) is 5.35. The van der Waals surface area contributed by atoms with Gasteiger partial charge in [0.05, 0.1) is 27.9 Å². The molecule has 6 heteroatoms. The van der Waals surface area contributed by atoms with E-state index in [1.54, 1.807) is 6.92 Å². The van der Waals surface area contributed by atoms with Crippen molar-refractivity contribution in [3.05, 3.63) is 28.5 Å². The van der Waals surface area contributed by atoms with Gasteiger partial charge in [-0.25, -0.2) is 13.3 Å². The van der Waals surface area contributed by atoms with Crippen LogP contribution in [0.2, 0.25) is 5.02 Å². The predicted molar refractivity (Wildman–Crippen MR) is 77.4 cm³/mol. The smallest absolute Gasteiger partial charge is 0.142 e. The van der Waals surface area contributed by atoms with Crippen LogP contribution in [-0.4, -0.2) is 16.1 Å². The zero-order chi connectivity index (χ0) is 14.8. The average Bonchev–Trinajstić information content (AvgIpc) is 2.26. The molecule has 3 nitrogen and oxygen atoms in total. The molecule has 0 aromatic heterocycles. The van der Waals surface area contributed by atoms with Crippen LogP contribution in [0, 0.1) is 5.82 Å². The molecule has 1 aromatic carbocycles. The molecule has 1 unspecified atom stereocenters. The lowest BCUT2D eigenvalue weighted by Gasteiger charge is -2.23. The van der Waals surface area contributed by atoms with E-state index in [0.717, 1.165) is 0 Å². The van der Waals surface area contributed by atoms with Crippen LogP contribution in [0.1, 0.15) is 39.3 Å². The first-order valence-corrected chi connectivity index (χ1v) is 7.40. The summed E-state index contributed by atoms with van der Waals surface area (Å²) in [4.78, 5) is 0. The number of methoxy groups -OCH3 is 1. The van der Waals surface area contributed by atoms with Gasteiger partial charge in [-0.3, -0.25) is 0 Å². The van der Waals surface area contributed by atoms with Gasteiger partial charge >= 0.3 is 0 Å². The molecule has 108 valence electrons. The van der Waals surface area contributed by atoms with E-state index in [9.17, 15) is 8.60 Å². The topological polar surface area (TPSA) is 38.3 Å². The summed E-state index contributed by atoms with van der Waals surface area (Å²) in [7, 11) is 0.206. The van der Waals surface area contributed by atoms with Crippen LogP contribution in [0.25, 0.3) is 0 Å². The van der Waals surface area contributed by atoms with Gasteiger partial charge in [-0.05, 0) is 39.8 Å². The average molecular weight is 308 g/mol. The highest BCUT2D eigenvalue weighted by Crippen LogP contribution is 2.34. The fourth-order valence-electron chi connectivity index (χ4n) is 1.52. The normalized spacial score (nSPS) is 15.1. The summed E-state index contributed by atoms with van der Waals surface area (Å²) in [5.41, 5.74) is 0.546. The van der Waals surface area contributed by atoms with E-state index in [4.69, 9.17) is 16.3 Å². The molecule has 1 N–H and O–H groups in total. The summed E-state index contributed by atoms with van der Waals surface area (Å²) in [6, 6.07) is 2.18. The molecule has 0 spiro atoms. The van der Waals surface area contributed by atoms with Gasteiger partial charge in [-0.2, -0.15) is 0 Å². The largest absolute Gasteiger partial charge is 0.495 e. The molecule has 1 aromatic rings. The molecule has 0 amide bonds. The van der Waals surface area contributed by atoms with Crippen molar-refractivity contribution in [3.8, 4) is 5.75 Å². The number of halogens is 2. The Bertz CT molecular complexity index is 488. The van der Waals surface area contributed by atoms with E-state index >= 15 is 0 Å². The molecule has 0 aliphatic rings. The molecule has 0 aliphatic heterocycles. The van der Waals surface area contributed by atoms with Gasteiger partial charge in [-0.15, -0.1) is 0 Å². The standard InChI is InChI=1S/C13H19ClFNO2S/c1-8(16-19(17)13(2,3)4)10-6-9(15)7-11(14)12(10)18-5/h6-8,16H,1-5H3/t8-,19?/m1/s1. The van der Waals surface area contributed by atoms with E-state index in [2.05, 4.69) is 4.72 Å². The highest BCUT2D eigenvalue weighted by Gasteiger charge is 2.24. The first-order valence-electron chi connectivity index (χ1n) is 5.87. The number of hydrogen-bond acceptors (Lipinski definition) is 2. The number of hydrogen-bond donors (Lipinski definition) is 1. The zero-order valence-electron chi connectivity index (χ0n) is 11.7. The third-order valence-corrected chi connectivity index (χ3v) is 4.51. The van der Waals surface area contributed by atoms with Crippen molar-refractivity contribution >= 4 is 22.6 Å². The van der Waals surface area contributed by atoms with Crippen LogP contribution >= 0.6 is 11.6 Å². The van der Waals surface area contributed by atoms with Gasteiger partial charge in [0.25, 0.3) is 0 Å². The van der Waals surface area contributed by atoms with Crippen molar-refractivity contribution in [2.24, 2.45) is 0 Å². The van der Waals surface area contributed by atoms with Gasteiger partial charge in [-0.1, -0.05) is 11.6 Å². The van der Waals surface area contributed by atoms with Gasteiger partial charge < -0.3 is 4.74 Å². The molecule has 0 heterocycles. The summed E-state index contributed by atoms with van der Waals surface area (Å²) in [6.07, 6.45) is 0. The van der Waals surface area contributed by atoms with Gasteiger partial charge in [0.15, 0.2) is 0 Å². The van der Waals surface area contributed by atoms with Crippen molar-refractivity contribution in [1.29, 1.82) is 0 Å². The Balaban J connectivity index is 3.06. The van der Waals surface area contributed by atoms with Crippen molar-refractivity contribution in [3.63, 3.8) is 0 Å². The zero-order valence-corrected chi connectivity index (χ0v) is 13.3. The summed E-state index contributed by atoms with van der Waals surface area (Å²) >= 11 is 5.94. The SMILES string of the molecule is COc1c(Cl)cc(F)cc1[C@@H](C)NS(=O)C(C)(C)C. The molecule has 0 radical (unpaired) electrons. The second kappa shape index (κ2) is 6.20. The molecule has 0 aliphatic carbocycles. The fraction of sp³-hybridized carbons (Fsp3) is 0.538.